The molecule has 0 aliphatic carbocycles. The van der Waals surface area contributed by atoms with Crippen LogP contribution in [0.5, 0.6) is 11.5 Å². The zero-order valence-corrected chi connectivity index (χ0v) is 15.3. The first-order chi connectivity index (χ1) is 12.0. The highest BCUT2D eigenvalue weighted by Crippen LogP contribution is 2.35. The molecule has 2 heteroatoms. The van der Waals surface area contributed by atoms with Gasteiger partial charge in [0.15, 0.2) is 0 Å². The van der Waals surface area contributed by atoms with Crippen molar-refractivity contribution in [2.45, 2.75) is 45.8 Å². The van der Waals surface area contributed by atoms with Crippen LogP contribution in [-0.4, -0.2) is 5.60 Å². The van der Waals surface area contributed by atoms with Crippen molar-refractivity contribution in [3.05, 3.63) is 77.4 Å². The van der Waals surface area contributed by atoms with Crippen molar-refractivity contribution in [3.8, 4) is 11.5 Å². The summed E-state index contributed by atoms with van der Waals surface area (Å²) in [7, 11) is 0. The molecule has 0 bridgehead atoms. The largest absolute Gasteiger partial charge is 0.489 e. The molecule has 2 aromatic rings. The summed E-state index contributed by atoms with van der Waals surface area (Å²) in [6.07, 6.45) is 8.57. The van der Waals surface area contributed by atoms with Crippen molar-refractivity contribution in [2.24, 2.45) is 0 Å². The van der Waals surface area contributed by atoms with E-state index in [0.717, 1.165) is 29.9 Å². The minimum atomic E-state index is -0.245. The monoisotopic (exact) mass is 334 g/mol. The summed E-state index contributed by atoms with van der Waals surface area (Å²) in [6, 6.07) is 16.2. The molecular weight excluding hydrogens is 308 g/mol. The van der Waals surface area contributed by atoms with E-state index in [0.29, 0.717) is 6.61 Å². The van der Waals surface area contributed by atoms with Gasteiger partial charge >= 0.3 is 0 Å². The normalized spacial score (nSPS) is 18.2. The third-order valence-corrected chi connectivity index (χ3v) is 4.38. The maximum absolute atomic E-state index is 6.25. The lowest BCUT2D eigenvalue weighted by molar-refractivity contribution is 0.128. The molecule has 0 aromatic heterocycles. The molecule has 0 fully saturated rings. The van der Waals surface area contributed by atoms with E-state index in [1.54, 1.807) is 0 Å². The number of hydrogen-bond acceptors (Lipinski definition) is 2. The first-order valence-electron chi connectivity index (χ1n) is 8.86. The quantitative estimate of drug-likeness (QED) is 0.588. The number of allylic oxidation sites excluding steroid dienone is 2. The second-order valence-electron chi connectivity index (χ2n) is 7.04. The molecule has 1 unspecified atom stereocenters. The second-order valence-corrected chi connectivity index (χ2v) is 7.04. The van der Waals surface area contributed by atoms with Gasteiger partial charge in [-0.2, -0.15) is 0 Å². The number of hydrogen-bond donors (Lipinski definition) is 0. The fourth-order valence-corrected chi connectivity index (χ4v) is 2.91. The van der Waals surface area contributed by atoms with Gasteiger partial charge in [0.05, 0.1) is 0 Å². The fraction of sp³-hybridized carbons (Fsp3) is 0.304. The van der Waals surface area contributed by atoms with Crippen LogP contribution in [0.4, 0.5) is 0 Å². The molecule has 2 aromatic carbocycles. The topological polar surface area (TPSA) is 18.5 Å². The van der Waals surface area contributed by atoms with Crippen molar-refractivity contribution in [1.82, 2.24) is 0 Å². The highest BCUT2D eigenvalue weighted by atomic mass is 16.5. The van der Waals surface area contributed by atoms with E-state index >= 15 is 0 Å². The minimum absolute atomic E-state index is 0.245. The molecule has 25 heavy (non-hydrogen) atoms. The minimum Gasteiger partial charge on any atom is -0.489 e. The van der Waals surface area contributed by atoms with Crippen molar-refractivity contribution in [1.29, 1.82) is 0 Å². The maximum Gasteiger partial charge on any atom is 0.128 e. The molecule has 130 valence electrons. The van der Waals surface area contributed by atoms with Crippen LogP contribution in [0, 0.1) is 0 Å². The summed E-state index contributed by atoms with van der Waals surface area (Å²) in [4.78, 5) is 0. The van der Waals surface area contributed by atoms with Crippen molar-refractivity contribution >= 4 is 6.08 Å². The van der Waals surface area contributed by atoms with Gasteiger partial charge in [0, 0.05) is 5.56 Å². The predicted molar refractivity (Wildman–Crippen MR) is 104 cm³/mol. The van der Waals surface area contributed by atoms with Crippen LogP contribution in [0.3, 0.4) is 0 Å². The molecule has 0 spiro atoms. The van der Waals surface area contributed by atoms with E-state index in [-0.39, 0.29) is 5.60 Å². The standard InChI is InChI=1S/C23H26O2/c1-18(2)8-7-14-23(3)15-13-20-16-21(11-12-22(20)25-23)24-17-19-9-5-4-6-10-19/h4-6,8-13,15-16H,7,14,17H2,1-3H3. The van der Waals surface area contributed by atoms with Crippen molar-refractivity contribution in [3.63, 3.8) is 0 Å². The van der Waals surface area contributed by atoms with Crippen LogP contribution in [0.1, 0.15) is 44.7 Å². The van der Waals surface area contributed by atoms with Gasteiger partial charge in [-0.1, -0.05) is 48.1 Å². The summed E-state index contributed by atoms with van der Waals surface area (Å²) in [6.45, 7) is 6.98. The molecule has 0 saturated heterocycles. The third kappa shape index (κ3) is 4.76. The Bertz CT molecular complexity index is 770. The Hall–Kier alpha value is -2.48. The van der Waals surface area contributed by atoms with Gasteiger partial charge in [0.1, 0.15) is 23.7 Å². The lowest BCUT2D eigenvalue weighted by Gasteiger charge is -2.31. The molecule has 1 aliphatic heterocycles. The first kappa shape index (κ1) is 17.3. The van der Waals surface area contributed by atoms with E-state index in [2.05, 4.69) is 51.1 Å². The Morgan fingerprint density at radius 1 is 1.12 bits per heavy atom. The van der Waals surface area contributed by atoms with Crippen LogP contribution in [0.15, 0.2) is 66.3 Å². The number of benzene rings is 2. The van der Waals surface area contributed by atoms with E-state index in [1.807, 2.05) is 36.4 Å². The molecule has 1 atom stereocenters. The van der Waals surface area contributed by atoms with E-state index in [4.69, 9.17) is 9.47 Å². The molecular formula is C23H26O2. The Kier molecular flexibility index (Phi) is 5.28. The zero-order chi connectivity index (χ0) is 17.7. The maximum atomic E-state index is 6.25. The van der Waals surface area contributed by atoms with Crippen LogP contribution >= 0.6 is 0 Å². The van der Waals surface area contributed by atoms with E-state index in [9.17, 15) is 0 Å². The Balaban J connectivity index is 1.65. The predicted octanol–water partition coefficient (Wildman–Crippen LogP) is 6.18. The number of rotatable bonds is 6. The Morgan fingerprint density at radius 2 is 1.92 bits per heavy atom. The third-order valence-electron chi connectivity index (χ3n) is 4.38. The smallest absolute Gasteiger partial charge is 0.128 e. The van der Waals surface area contributed by atoms with Gasteiger partial charge in [-0.3, -0.25) is 0 Å². The summed E-state index contributed by atoms with van der Waals surface area (Å²) in [5.41, 5.74) is 3.35. The van der Waals surface area contributed by atoms with Crippen LogP contribution in [-0.2, 0) is 6.61 Å². The van der Waals surface area contributed by atoms with Gasteiger partial charge in [-0.05, 0) is 63.5 Å². The zero-order valence-electron chi connectivity index (χ0n) is 15.3. The summed E-state index contributed by atoms with van der Waals surface area (Å²) in [5.74, 6) is 1.79. The molecule has 1 aliphatic rings. The van der Waals surface area contributed by atoms with E-state index < -0.39 is 0 Å². The highest BCUT2D eigenvalue weighted by Gasteiger charge is 2.26. The van der Waals surface area contributed by atoms with Crippen LogP contribution < -0.4 is 9.47 Å². The average Bonchev–Trinajstić information content (AvgIpc) is 2.60. The van der Waals surface area contributed by atoms with Crippen molar-refractivity contribution < 1.29 is 9.47 Å². The average molecular weight is 334 g/mol. The lowest BCUT2D eigenvalue weighted by Crippen LogP contribution is -2.31. The summed E-state index contributed by atoms with van der Waals surface area (Å²) in [5, 5.41) is 0. The van der Waals surface area contributed by atoms with Gasteiger partial charge in [-0.25, -0.2) is 0 Å². The van der Waals surface area contributed by atoms with Gasteiger partial charge in [0.2, 0.25) is 0 Å². The second kappa shape index (κ2) is 7.60. The summed E-state index contributed by atoms with van der Waals surface area (Å²) < 4.78 is 12.2. The highest BCUT2D eigenvalue weighted by molar-refractivity contribution is 5.62. The fourth-order valence-electron chi connectivity index (χ4n) is 2.91. The van der Waals surface area contributed by atoms with Crippen LogP contribution in [0.25, 0.3) is 6.08 Å². The SMILES string of the molecule is CC(C)=CCCC1(C)C=Cc2cc(OCc3ccccc3)ccc2O1. The first-order valence-corrected chi connectivity index (χ1v) is 8.86. The molecule has 2 nitrogen and oxygen atoms in total. The Labute approximate surface area is 150 Å². The van der Waals surface area contributed by atoms with Gasteiger partial charge in [-0.15, -0.1) is 0 Å². The van der Waals surface area contributed by atoms with E-state index in [1.165, 1.54) is 11.1 Å². The number of fused-ring (bicyclic) bond motifs is 1. The molecule has 3 rings (SSSR count). The molecule has 0 amide bonds. The summed E-state index contributed by atoms with van der Waals surface area (Å²) >= 11 is 0. The van der Waals surface area contributed by atoms with Gasteiger partial charge in [0.25, 0.3) is 0 Å². The van der Waals surface area contributed by atoms with Crippen LogP contribution in [0.2, 0.25) is 0 Å². The molecule has 1 heterocycles. The lowest BCUT2D eigenvalue weighted by atomic mass is 9.94. The molecule has 0 saturated carbocycles. The van der Waals surface area contributed by atoms with Gasteiger partial charge < -0.3 is 9.47 Å². The number of ether oxygens (including phenoxy) is 2. The molecule has 0 radical (unpaired) electrons. The molecule has 0 N–H and O–H groups in total. The Morgan fingerprint density at radius 3 is 2.68 bits per heavy atom. The van der Waals surface area contributed by atoms with Crippen molar-refractivity contribution in [2.75, 3.05) is 0 Å².